The Kier molecular flexibility index (Phi) is 9.53. The van der Waals surface area contributed by atoms with Crippen LogP contribution in [0.4, 0.5) is 0 Å². The number of aromatic nitrogens is 2. The van der Waals surface area contributed by atoms with Gasteiger partial charge in [0.15, 0.2) is 24.8 Å². The van der Waals surface area contributed by atoms with Crippen molar-refractivity contribution in [1.82, 2.24) is 0 Å². The molecule has 0 aliphatic heterocycles. The first kappa shape index (κ1) is 21.1. The molecule has 0 aromatic carbocycles. The summed E-state index contributed by atoms with van der Waals surface area (Å²) in [6, 6.07) is 8.68. The molecule has 27 heavy (non-hydrogen) atoms. The number of rotatable bonds is 13. The Balaban J connectivity index is 1.52. The highest BCUT2D eigenvalue weighted by Crippen LogP contribution is 2.15. The minimum absolute atomic E-state index is 0.322. The molecule has 0 spiro atoms. The number of aryl methyl sites for hydroxylation is 2. The average molecular weight is 371 g/mol. The molecule has 2 rings (SSSR count). The molecule has 0 saturated carbocycles. The fourth-order valence-electron chi connectivity index (χ4n) is 3.30. The molecular formula is C23H34N2O2+2. The van der Waals surface area contributed by atoms with Gasteiger partial charge in [0.25, 0.3) is 0 Å². The maximum atomic E-state index is 10.4. The molecule has 4 nitrogen and oxygen atoms in total. The monoisotopic (exact) mass is 370 g/mol. The van der Waals surface area contributed by atoms with Gasteiger partial charge in [0.05, 0.1) is 0 Å². The lowest BCUT2D eigenvalue weighted by Gasteiger charge is -2.02. The molecule has 2 aromatic heterocycles. The van der Waals surface area contributed by atoms with E-state index in [1.54, 1.807) is 0 Å². The van der Waals surface area contributed by atoms with Gasteiger partial charge in [-0.1, -0.05) is 38.5 Å². The van der Waals surface area contributed by atoms with Gasteiger partial charge in [-0.05, 0) is 24.0 Å². The first-order valence-corrected chi connectivity index (χ1v) is 10.3. The van der Waals surface area contributed by atoms with E-state index in [0.29, 0.717) is 6.42 Å². The van der Waals surface area contributed by atoms with E-state index < -0.39 is 5.97 Å². The summed E-state index contributed by atoms with van der Waals surface area (Å²) in [5.41, 5.74) is 2.51. The van der Waals surface area contributed by atoms with E-state index in [0.717, 1.165) is 19.4 Å². The summed E-state index contributed by atoms with van der Waals surface area (Å²) >= 11 is 0. The fourth-order valence-corrected chi connectivity index (χ4v) is 3.30. The van der Waals surface area contributed by atoms with Crippen molar-refractivity contribution in [3.8, 4) is 11.1 Å². The normalized spacial score (nSPS) is 10.9. The molecule has 2 heterocycles. The predicted molar refractivity (Wildman–Crippen MR) is 107 cm³/mol. The van der Waals surface area contributed by atoms with E-state index in [-0.39, 0.29) is 0 Å². The number of carboxylic acids is 1. The van der Waals surface area contributed by atoms with Crippen molar-refractivity contribution in [2.75, 3.05) is 0 Å². The second kappa shape index (κ2) is 12.2. The van der Waals surface area contributed by atoms with E-state index in [9.17, 15) is 4.79 Å². The van der Waals surface area contributed by atoms with Gasteiger partial charge in [-0.25, -0.2) is 9.13 Å². The van der Waals surface area contributed by atoms with Crippen LogP contribution in [0.5, 0.6) is 0 Å². The smallest absolute Gasteiger partial charge is 0.303 e. The Morgan fingerprint density at radius 2 is 1.19 bits per heavy atom. The Morgan fingerprint density at radius 1 is 0.741 bits per heavy atom. The first-order chi connectivity index (χ1) is 13.1. The largest absolute Gasteiger partial charge is 0.481 e. The van der Waals surface area contributed by atoms with Gasteiger partial charge in [0.1, 0.15) is 13.6 Å². The van der Waals surface area contributed by atoms with Crippen LogP contribution in [0.3, 0.4) is 0 Å². The minimum Gasteiger partial charge on any atom is -0.481 e. The number of carbonyl (C=O) groups is 1. The van der Waals surface area contributed by atoms with E-state index >= 15 is 0 Å². The van der Waals surface area contributed by atoms with Crippen molar-refractivity contribution >= 4 is 5.97 Å². The molecule has 0 atom stereocenters. The standard InChI is InChI=1S/C23H33N2O2/c1-24-17-12-21(13-18-24)22-14-19-25(20-15-22)16-10-8-6-4-2-3-5-7-9-11-23(26)27/h12-15,17-20H,2-11,16H2,1H3/q+1/p+1. The lowest BCUT2D eigenvalue weighted by atomic mass is 10.1. The minimum atomic E-state index is -0.670. The lowest BCUT2D eigenvalue weighted by Crippen LogP contribution is -2.32. The topological polar surface area (TPSA) is 45.1 Å². The zero-order valence-electron chi connectivity index (χ0n) is 16.6. The molecule has 0 radical (unpaired) electrons. The van der Waals surface area contributed by atoms with Gasteiger partial charge in [-0.3, -0.25) is 4.79 Å². The molecule has 0 bridgehead atoms. The highest BCUT2D eigenvalue weighted by Gasteiger charge is 2.04. The Hall–Kier alpha value is -2.23. The molecule has 0 aliphatic carbocycles. The van der Waals surface area contributed by atoms with Gasteiger partial charge in [0, 0.05) is 37.1 Å². The van der Waals surface area contributed by atoms with E-state index in [1.165, 1.54) is 56.1 Å². The van der Waals surface area contributed by atoms with Crippen LogP contribution in [0.1, 0.15) is 64.2 Å². The third kappa shape index (κ3) is 8.80. The molecule has 0 aliphatic rings. The molecule has 4 heteroatoms. The number of carboxylic acid groups (broad SMARTS) is 1. The van der Waals surface area contributed by atoms with Crippen LogP contribution < -0.4 is 9.13 Å². The summed E-state index contributed by atoms with van der Waals surface area (Å²) in [4.78, 5) is 10.4. The quantitative estimate of drug-likeness (QED) is 0.418. The van der Waals surface area contributed by atoms with E-state index in [1.807, 2.05) is 11.6 Å². The number of aliphatic carboxylic acids is 1. The second-order valence-corrected chi connectivity index (χ2v) is 7.40. The Labute approximate surface area is 163 Å². The van der Waals surface area contributed by atoms with Crippen LogP contribution >= 0.6 is 0 Å². The number of hydrogen-bond acceptors (Lipinski definition) is 1. The molecule has 0 saturated heterocycles. The van der Waals surface area contributed by atoms with Crippen molar-refractivity contribution in [1.29, 1.82) is 0 Å². The summed E-state index contributed by atoms with van der Waals surface area (Å²) in [6.45, 7) is 1.08. The third-order valence-corrected chi connectivity index (χ3v) is 5.01. The van der Waals surface area contributed by atoms with Crippen LogP contribution in [-0.2, 0) is 18.4 Å². The third-order valence-electron chi connectivity index (χ3n) is 5.01. The van der Waals surface area contributed by atoms with E-state index in [2.05, 4.69) is 53.6 Å². The summed E-state index contributed by atoms with van der Waals surface area (Å²) in [5, 5.41) is 8.59. The lowest BCUT2D eigenvalue weighted by molar-refractivity contribution is -0.697. The molecule has 146 valence electrons. The van der Waals surface area contributed by atoms with Gasteiger partial charge < -0.3 is 5.11 Å². The van der Waals surface area contributed by atoms with Crippen LogP contribution in [0.2, 0.25) is 0 Å². The number of nitrogens with zero attached hydrogens (tertiary/aromatic N) is 2. The molecule has 2 aromatic rings. The molecule has 0 fully saturated rings. The SMILES string of the molecule is C[n+]1ccc(-c2cc[n+](CCCCCCCCCCCC(=O)O)cc2)cc1. The second-order valence-electron chi connectivity index (χ2n) is 7.40. The Morgan fingerprint density at radius 3 is 1.70 bits per heavy atom. The van der Waals surface area contributed by atoms with Gasteiger partial charge in [-0.2, -0.15) is 0 Å². The van der Waals surface area contributed by atoms with Crippen LogP contribution in [0.15, 0.2) is 49.1 Å². The van der Waals surface area contributed by atoms with Crippen molar-refractivity contribution in [3.63, 3.8) is 0 Å². The highest BCUT2D eigenvalue weighted by atomic mass is 16.4. The maximum absolute atomic E-state index is 10.4. The van der Waals surface area contributed by atoms with Crippen molar-refractivity contribution in [3.05, 3.63) is 49.1 Å². The fraction of sp³-hybridized carbons (Fsp3) is 0.522. The van der Waals surface area contributed by atoms with Gasteiger partial charge >= 0.3 is 5.97 Å². The van der Waals surface area contributed by atoms with Crippen molar-refractivity contribution < 1.29 is 19.0 Å². The zero-order chi connectivity index (χ0) is 19.3. The molecule has 0 amide bonds. The average Bonchev–Trinajstić information content (AvgIpc) is 2.67. The number of pyridine rings is 2. The van der Waals surface area contributed by atoms with Gasteiger partial charge in [-0.15, -0.1) is 0 Å². The Bertz CT molecular complexity index is 666. The maximum Gasteiger partial charge on any atom is 0.303 e. The van der Waals surface area contributed by atoms with Crippen molar-refractivity contribution in [2.45, 2.75) is 70.8 Å². The molecule has 0 unspecified atom stereocenters. The summed E-state index contributed by atoms with van der Waals surface area (Å²) in [6.07, 6.45) is 19.5. The molecular weight excluding hydrogens is 336 g/mol. The van der Waals surface area contributed by atoms with Crippen LogP contribution in [0.25, 0.3) is 11.1 Å². The summed E-state index contributed by atoms with van der Waals surface area (Å²) in [7, 11) is 2.03. The summed E-state index contributed by atoms with van der Waals surface area (Å²) in [5.74, 6) is -0.670. The van der Waals surface area contributed by atoms with E-state index in [4.69, 9.17) is 5.11 Å². The summed E-state index contributed by atoms with van der Waals surface area (Å²) < 4.78 is 4.32. The highest BCUT2D eigenvalue weighted by molar-refractivity contribution is 5.66. The number of hydrogen-bond donors (Lipinski definition) is 1. The van der Waals surface area contributed by atoms with Crippen LogP contribution in [-0.4, -0.2) is 11.1 Å². The van der Waals surface area contributed by atoms with Crippen LogP contribution in [0, 0.1) is 0 Å². The molecule has 1 N–H and O–H groups in total. The van der Waals surface area contributed by atoms with Crippen molar-refractivity contribution in [2.24, 2.45) is 7.05 Å². The number of unbranched alkanes of at least 4 members (excludes halogenated alkanes) is 8. The first-order valence-electron chi connectivity index (χ1n) is 10.3. The zero-order valence-corrected chi connectivity index (χ0v) is 16.6. The predicted octanol–water partition coefficient (Wildman–Crippen LogP) is 4.45. The van der Waals surface area contributed by atoms with Gasteiger partial charge in [0.2, 0.25) is 0 Å².